The lowest BCUT2D eigenvalue weighted by molar-refractivity contribution is -0.210. The van der Waals surface area contributed by atoms with Crippen molar-refractivity contribution in [2.75, 3.05) is 6.54 Å². The van der Waals surface area contributed by atoms with Crippen molar-refractivity contribution in [1.29, 1.82) is 0 Å². The summed E-state index contributed by atoms with van der Waals surface area (Å²) in [4.78, 5) is 101. The van der Waals surface area contributed by atoms with Gasteiger partial charge in [-0.15, -0.1) is 0 Å². The van der Waals surface area contributed by atoms with Gasteiger partial charge in [0.2, 0.25) is 35.2 Å². The number of carboxylic acid groups (broad SMARTS) is 2. The molecule has 1 aromatic rings. The van der Waals surface area contributed by atoms with E-state index in [9.17, 15) is 48.6 Å². The Morgan fingerprint density at radius 3 is 2.00 bits per heavy atom. The largest absolute Gasteiger partial charge is 0.481 e. The van der Waals surface area contributed by atoms with Gasteiger partial charge in [0.15, 0.2) is 0 Å². The molecule has 3 rings (SSSR count). The zero-order chi connectivity index (χ0) is 30.9. The highest BCUT2D eigenvalue weighted by atomic mass is 16.5. The summed E-state index contributed by atoms with van der Waals surface area (Å²) in [7, 11) is 0. The number of rotatable bonds is 15. The summed E-state index contributed by atoms with van der Waals surface area (Å²) in [5, 5.41) is 22.9. The lowest BCUT2D eigenvalue weighted by Gasteiger charge is -2.47. The number of nitrogens with zero attached hydrogens (tertiary/aromatic N) is 3. The second-order valence-corrected chi connectivity index (χ2v) is 9.74. The van der Waals surface area contributed by atoms with Gasteiger partial charge in [-0.05, 0) is 18.4 Å². The zero-order valence-corrected chi connectivity index (χ0v) is 22.8. The van der Waals surface area contributed by atoms with Gasteiger partial charge in [-0.1, -0.05) is 36.8 Å². The van der Waals surface area contributed by atoms with Crippen LogP contribution in [0.3, 0.4) is 0 Å². The van der Waals surface area contributed by atoms with Crippen LogP contribution in [0.4, 0.5) is 4.79 Å². The van der Waals surface area contributed by atoms with E-state index in [0.29, 0.717) is 27.8 Å². The van der Waals surface area contributed by atoms with E-state index in [2.05, 4.69) is 5.32 Å². The molecule has 0 aromatic heterocycles. The summed E-state index contributed by atoms with van der Waals surface area (Å²) in [5.41, 5.74) is -2.14. The van der Waals surface area contributed by atoms with E-state index in [1.54, 1.807) is 12.1 Å². The molecule has 0 radical (unpaired) electrons. The number of likely N-dealkylation sites (tertiary alicyclic amines) is 1. The van der Waals surface area contributed by atoms with Gasteiger partial charge in [0, 0.05) is 45.1 Å². The van der Waals surface area contributed by atoms with Gasteiger partial charge in [-0.3, -0.25) is 28.8 Å². The highest BCUT2D eigenvalue weighted by Crippen LogP contribution is 2.36. The Hall–Kier alpha value is -4.82. The fraction of sp³-hybridized carbons (Fsp3) is 0.481. The molecule has 2 aliphatic heterocycles. The van der Waals surface area contributed by atoms with Crippen LogP contribution in [0.25, 0.3) is 0 Å². The summed E-state index contributed by atoms with van der Waals surface area (Å²) < 4.78 is 5.11. The van der Waals surface area contributed by atoms with Gasteiger partial charge in [-0.2, -0.15) is 5.01 Å². The van der Waals surface area contributed by atoms with Crippen molar-refractivity contribution in [1.82, 2.24) is 20.2 Å². The number of carboxylic acids is 2. The lowest BCUT2D eigenvalue weighted by Crippen LogP contribution is -2.73. The maximum Gasteiger partial charge on any atom is 0.407 e. The highest BCUT2D eigenvalue weighted by molar-refractivity contribution is 6.09. The van der Waals surface area contributed by atoms with Crippen LogP contribution >= 0.6 is 0 Å². The second-order valence-electron chi connectivity index (χ2n) is 9.74. The number of hydrogen-bond acceptors (Lipinski definition) is 9. The van der Waals surface area contributed by atoms with E-state index < -0.39 is 72.5 Å². The van der Waals surface area contributed by atoms with Gasteiger partial charge in [0.25, 0.3) is 0 Å². The molecule has 42 heavy (non-hydrogen) atoms. The Morgan fingerprint density at radius 1 is 0.833 bits per heavy atom. The van der Waals surface area contributed by atoms with Gasteiger partial charge in [-0.25, -0.2) is 19.5 Å². The zero-order valence-electron chi connectivity index (χ0n) is 22.8. The molecule has 0 aliphatic carbocycles. The topological polar surface area (TPSA) is 208 Å². The maximum absolute atomic E-state index is 13.6. The first-order valence-corrected chi connectivity index (χ1v) is 13.4. The third-order valence-corrected chi connectivity index (χ3v) is 6.81. The first-order valence-electron chi connectivity index (χ1n) is 13.4. The number of imide groups is 2. The lowest BCUT2D eigenvalue weighted by atomic mass is 9.99. The predicted octanol–water partition coefficient (Wildman–Crippen LogP) is 1.16. The molecule has 6 amide bonds. The van der Waals surface area contributed by atoms with Crippen molar-refractivity contribution in [3.05, 3.63) is 35.9 Å². The molecule has 2 heterocycles. The van der Waals surface area contributed by atoms with Gasteiger partial charge < -0.3 is 20.3 Å². The normalized spacial score (nSPS) is 16.4. The average Bonchev–Trinajstić information content (AvgIpc) is 3.46. The van der Waals surface area contributed by atoms with E-state index in [1.165, 1.54) is 0 Å². The molecule has 0 unspecified atom stereocenters. The van der Waals surface area contributed by atoms with Crippen LogP contribution in [0.15, 0.2) is 30.3 Å². The molecule has 2 saturated heterocycles. The Bertz CT molecular complexity index is 1220. The standard InChI is InChI=1S/C27H32N4O11/c32-19-10-11-20(33)29(19)27(25(39)40,15-14-24(37)38)31(30-21(34)12-13-22(30)35)23(36)9-5-2-6-16-28-26(41)42-17-18-7-3-1-4-8-18/h1,3-4,7-8H,2,5-6,9-17H2,(H,28,41)(H,37,38)(H,39,40)/t27-/m0/s1. The van der Waals surface area contributed by atoms with Crippen molar-refractivity contribution >= 4 is 47.6 Å². The molecular formula is C27H32N4O11. The van der Waals surface area contributed by atoms with Crippen LogP contribution < -0.4 is 5.32 Å². The molecule has 1 aromatic carbocycles. The molecule has 2 aliphatic rings. The molecule has 15 nitrogen and oxygen atoms in total. The average molecular weight is 589 g/mol. The first-order chi connectivity index (χ1) is 20.0. The Balaban J connectivity index is 1.72. The van der Waals surface area contributed by atoms with Crippen LogP contribution in [0.1, 0.15) is 69.8 Å². The molecule has 0 saturated carbocycles. The van der Waals surface area contributed by atoms with Crippen molar-refractivity contribution in [3.8, 4) is 0 Å². The van der Waals surface area contributed by atoms with E-state index >= 15 is 0 Å². The van der Waals surface area contributed by atoms with E-state index in [0.717, 1.165) is 5.56 Å². The quantitative estimate of drug-likeness (QED) is 0.196. The molecular weight excluding hydrogens is 556 g/mol. The number of amides is 6. The third-order valence-electron chi connectivity index (χ3n) is 6.81. The van der Waals surface area contributed by atoms with Gasteiger partial charge >= 0.3 is 18.0 Å². The molecule has 0 bridgehead atoms. The number of ether oxygens (including phenoxy) is 1. The molecule has 15 heteroatoms. The fourth-order valence-corrected chi connectivity index (χ4v) is 4.80. The van der Waals surface area contributed by atoms with Crippen molar-refractivity contribution in [3.63, 3.8) is 0 Å². The minimum atomic E-state index is -2.94. The minimum absolute atomic E-state index is 0.0835. The number of carbonyl (C=O) groups is 8. The summed E-state index contributed by atoms with van der Waals surface area (Å²) in [5.74, 6) is -8.29. The monoisotopic (exact) mass is 588 g/mol. The summed E-state index contributed by atoms with van der Waals surface area (Å²) >= 11 is 0. The van der Waals surface area contributed by atoms with Crippen LogP contribution in [-0.2, 0) is 44.9 Å². The van der Waals surface area contributed by atoms with Gasteiger partial charge in [0.05, 0.1) is 6.42 Å². The van der Waals surface area contributed by atoms with Crippen LogP contribution in [0.5, 0.6) is 0 Å². The smallest absolute Gasteiger partial charge is 0.407 e. The van der Waals surface area contributed by atoms with Gasteiger partial charge in [0.1, 0.15) is 6.61 Å². The fourth-order valence-electron chi connectivity index (χ4n) is 4.80. The predicted molar refractivity (Wildman–Crippen MR) is 139 cm³/mol. The summed E-state index contributed by atoms with van der Waals surface area (Å²) in [6.07, 6.45) is -3.50. The van der Waals surface area contributed by atoms with E-state index in [1.807, 2.05) is 18.2 Å². The SMILES string of the molecule is O=C(O)CC[C@](C(=O)O)(N1C(=O)CCC1=O)N(C(=O)CCCCCNC(=O)OCc1ccccc1)N1C(=O)CCC1=O. The third kappa shape index (κ3) is 7.27. The number of nitrogens with one attached hydrogen (secondary N) is 1. The van der Waals surface area contributed by atoms with Crippen molar-refractivity contribution in [2.24, 2.45) is 0 Å². The number of aliphatic carboxylic acids is 2. The van der Waals surface area contributed by atoms with Crippen LogP contribution in [0, 0.1) is 0 Å². The summed E-state index contributed by atoms with van der Waals surface area (Å²) in [6, 6.07) is 9.04. The minimum Gasteiger partial charge on any atom is -0.481 e. The molecule has 1 atom stereocenters. The first kappa shape index (κ1) is 31.7. The number of unbranched alkanes of at least 4 members (excludes halogenated alkanes) is 2. The number of hydrogen-bond donors (Lipinski definition) is 3. The number of carbonyl (C=O) groups excluding carboxylic acids is 6. The number of benzene rings is 1. The Morgan fingerprint density at radius 2 is 1.43 bits per heavy atom. The molecule has 0 spiro atoms. The Kier molecular flexibility index (Phi) is 10.7. The number of hydrazine groups is 1. The summed E-state index contributed by atoms with van der Waals surface area (Å²) in [6.45, 7) is 0.281. The Labute approximate surface area is 240 Å². The van der Waals surface area contributed by atoms with Crippen LogP contribution in [-0.4, -0.2) is 84.9 Å². The maximum atomic E-state index is 13.6. The number of alkyl carbamates (subject to hydrolysis) is 1. The van der Waals surface area contributed by atoms with E-state index in [4.69, 9.17) is 4.74 Å². The molecule has 226 valence electrons. The second kappa shape index (κ2) is 14.2. The van der Waals surface area contributed by atoms with Crippen LogP contribution in [0.2, 0.25) is 0 Å². The van der Waals surface area contributed by atoms with Crippen molar-refractivity contribution in [2.45, 2.75) is 76.5 Å². The molecule has 3 N–H and O–H groups in total. The van der Waals surface area contributed by atoms with E-state index in [-0.39, 0.29) is 45.3 Å². The molecule has 2 fully saturated rings. The van der Waals surface area contributed by atoms with Crippen molar-refractivity contribution < 1.29 is 53.3 Å². The highest BCUT2D eigenvalue weighted by Gasteiger charge is 2.61.